The van der Waals surface area contributed by atoms with Crippen LogP contribution in [0, 0.1) is 18.8 Å². The highest BCUT2D eigenvalue weighted by molar-refractivity contribution is 6.30. The molecule has 0 radical (unpaired) electrons. The molecule has 0 saturated heterocycles. The molecule has 2 aliphatic carbocycles. The van der Waals surface area contributed by atoms with E-state index < -0.39 is 0 Å². The van der Waals surface area contributed by atoms with Gasteiger partial charge in [-0.2, -0.15) is 19.6 Å². The first-order chi connectivity index (χ1) is 9.22. The van der Waals surface area contributed by atoms with Gasteiger partial charge >= 0.3 is 0 Å². The van der Waals surface area contributed by atoms with E-state index in [0.29, 0.717) is 17.0 Å². The quantitative estimate of drug-likeness (QED) is 0.858. The van der Waals surface area contributed by atoms with Crippen molar-refractivity contribution in [2.45, 2.75) is 38.6 Å². The summed E-state index contributed by atoms with van der Waals surface area (Å²) in [4.78, 5) is 8.35. The van der Waals surface area contributed by atoms with Crippen LogP contribution in [0.3, 0.4) is 0 Å². The molecule has 0 aliphatic heterocycles. The van der Waals surface area contributed by atoms with Crippen LogP contribution in [-0.4, -0.2) is 25.6 Å². The van der Waals surface area contributed by atoms with Gasteiger partial charge in [0.25, 0.3) is 5.78 Å². The summed E-state index contributed by atoms with van der Waals surface area (Å²) in [6.45, 7) is 1.98. The largest absolute Gasteiger partial charge is 0.367 e. The smallest absolute Gasteiger partial charge is 0.255 e. The van der Waals surface area contributed by atoms with Crippen LogP contribution in [-0.2, 0) is 0 Å². The molecule has 0 amide bonds. The van der Waals surface area contributed by atoms with Gasteiger partial charge in [0.05, 0.1) is 0 Å². The normalized spacial score (nSPS) is 29.3. The highest BCUT2D eigenvalue weighted by Crippen LogP contribution is 2.45. The Labute approximate surface area is 116 Å². The maximum absolute atomic E-state index is 6.18. The summed E-state index contributed by atoms with van der Waals surface area (Å²) in [5.41, 5.74) is 0.947. The van der Waals surface area contributed by atoms with Gasteiger partial charge in [-0.05, 0) is 38.0 Å². The second kappa shape index (κ2) is 4.07. The fraction of sp³-hybridized carbons (Fsp3) is 0.615. The van der Waals surface area contributed by atoms with Crippen molar-refractivity contribution < 1.29 is 0 Å². The van der Waals surface area contributed by atoms with E-state index in [1.165, 1.54) is 32.0 Å². The van der Waals surface area contributed by atoms with Crippen molar-refractivity contribution in [1.82, 2.24) is 19.6 Å². The van der Waals surface area contributed by atoms with Gasteiger partial charge in [0.1, 0.15) is 17.3 Å². The number of nitrogens with one attached hydrogen (secondary N) is 1. The molecule has 0 spiro atoms. The van der Waals surface area contributed by atoms with E-state index in [2.05, 4.69) is 20.4 Å². The first-order valence-electron chi connectivity index (χ1n) is 6.84. The fourth-order valence-corrected chi connectivity index (χ4v) is 3.83. The lowest BCUT2D eigenvalue weighted by atomic mass is 9.95. The minimum absolute atomic E-state index is 0.506. The number of hydrogen-bond donors (Lipinski definition) is 1. The van der Waals surface area contributed by atoms with Gasteiger partial charge in [-0.15, -0.1) is 0 Å². The average molecular weight is 278 g/mol. The van der Waals surface area contributed by atoms with E-state index in [1.807, 2.05) is 6.92 Å². The van der Waals surface area contributed by atoms with Crippen molar-refractivity contribution in [3.05, 3.63) is 17.0 Å². The molecule has 6 heteroatoms. The third-order valence-corrected chi connectivity index (χ3v) is 5.03. The van der Waals surface area contributed by atoms with Crippen molar-refractivity contribution in [2.75, 3.05) is 5.32 Å². The van der Waals surface area contributed by atoms with E-state index in [0.717, 1.165) is 23.2 Å². The molecular weight excluding hydrogens is 262 g/mol. The van der Waals surface area contributed by atoms with Gasteiger partial charge in [0, 0.05) is 11.6 Å². The molecule has 2 fully saturated rings. The van der Waals surface area contributed by atoms with Crippen LogP contribution in [0.25, 0.3) is 5.78 Å². The maximum atomic E-state index is 6.18. The molecule has 2 bridgehead atoms. The van der Waals surface area contributed by atoms with Crippen LogP contribution >= 0.6 is 11.6 Å². The lowest BCUT2D eigenvalue weighted by Crippen LogP contribution is -2.27. The van der Waals surface area contributed by atoms with Crippen molar-refractivity contribution in [3.63, 3.8) is 0 Å². The summed E-state index contributed by atoms with van der Waals surface area (Å²) in [6.07, 6.45) is 6.90. The Morgan fingerprint density at radius 2 is 2.26 bits per heavy atom. The molecule has 100 valence electrons. The van der Waals surface area contributed by atoms with Gasteiger partial charge in [0.2, 0.25) is 0 Å². The lowest BCUT2D eigenvalue weighted by Gasteiger charge is -2.25. The SMILES string of the molecule is Cc1c(Cl)nc2ncnn2c1NC1CC2CCC1C2. The van der Waals surface area contributed by atoms with E-state index in [1.54, 1.807) is 4.52 Å². The molecule has 3 unspecified atom stereocenters. The van der Waals surface area contributed by atoms with Crippen molar-refractivity contribution in [2.24, 2.45) is 11.8 Å². The second-order valence-corrected chi connectivity index (χ2v) is 6.13. The first kappa shape index (κ1) is 11.5. The number of halogens is 1. The van der Waals surface area contributed by atoms with Crippen LogP contribution in [0.2, 0.25) is 5.15 Å². The van der Waals surface area contributed by atoms with Gasteiger partial charge in [0.15, 0.2) is 0 Å². The molecule has 2 saturated carbocycles. The lowest BCUT2D eigenvalue weighted by molar-refractivity contribution is 0.438. The monoisotopic (exact) mass is 277 g/mol. The van der Waals surface area contributed by atoms with Crippen molar-refractivity contribution >= 4 is 23.2 Å². The standard InChI is InChI=1S/C13H16ClN5/c1-7-11(14)18-13-15-6-16-19(13)12(7)17-10-5-8-2-3-9(10)4-8/h6,8-10,17H,2-5H2,1H3. The number of hydrogen-bond acceptors (Lipinski definition) is 4. The minimum atomic E-state index is 0.506. The van der Waals surface area contributed by atoms with Gasteiger partial charge in [-0.1, -0.05) is 18.0 Å². The minimum Gasteiger partial charge on any atom is -0.367 e. The van der Waals surface area contributed by atoms with Crippen molar-refractivity contribution in [1.29, 1.82) is 0 Å². The maximum Gasteiger partial charge on any atom is 0.255 e. The summed E-state index contributed by atoms with van der Waals surface area (Å²) >= 11 is 6.18. The van der Waals surface area contributed by atoms with Crippen molar-refractivity contribution in [3.8, 4) is 0 Å². The molecule has 3 atom stereocenters. The highest BCUT2D eigenvalue weighted by atomic mass is 35.5. The highest BCUT2D eigenvalue weighted by Gasteiger charge is 2.39. The molecule has 1 N–H and O–H groups in total. The third kappa shape index (κ3) is 1.71. The molecular formula is C13H16ClN5. The van der Waals surface area contributed by atoms with Gasteiger partial charge in [-0.25, -0.2) is 0 Å². The van der Waals surface area contributed by atoms with E-state index in [9.17, 15) is 0 Å². The zero-order valence-corrected chi connectivity index (χ0v) is 11.6. The first-order valence-corrected chi connectivity index (χ1v) is 7.22. The number of anilines is 1. The number of nitrogens with zero attached hydrogens (tertiary/aromatic N) is 4. The summed E-state index contributed by atoms with van der Waals surface area (Å²) in [7, 11) is 0. The molecule has 2 heterocycles. The summed E-state index contributed by atoms with van der Waals surface area (Å²) in [6, 6.07) is 0.545. The number of rotatable bonds is 2. The Kier molecular flexibility index (Phi) is 2.45. The predicted molar refractivity (Wildman–Crippen MR) is 73.4 cm³/mol. The van der Waals surface area contributed by atoms with Crippen LogP contribution < -0.4 is 5.32 Å². The van der Waals surface area contributed by atoms with Crippen LogP contribution in [0.15, 0.2) is 6.33 Å². The summed E-state index contributed by atoms with van der Waals surface area (Å²) in [5, 5.41) is 8.40. The average Bonchev–Trinajstić information content (AvgIpc) is 3.09. The van der Waals surface area contributed by atoms with E-state index in [-0.39, 0.29) is 0 Å². The topological polar surface area (TPSA) is 55.1 Å². The zero-order chi connectivity index (χ0) is 13.0. The van der Waals surface area contributed by atoms with E-state index in [4.69, 9.17) is 11.6 Å². The Bertz CT molecular complexity index is 637. The van der Waals surface area contributed by atoms with Crippen LogP contribution in [0.1, 0.15) is 31.2 Å². The van der Waals surface area contributed by atoms with Gasteiger partial charge in [-0.3, -0.25) is 0 Å². The molecule has 0 aromatic carbocycles. The summed E-state index contributed by atoms with van der Waals surface area (Å²) < 4.78 is 1.76. The molecule has 4 rings (SSSR count). The fourth-order valence-electron chi connectivity index (χ4n) is 3.66. The van der Waals surface area contributed by atoms with Gasteiger partial charge < -0.3 is 5.32 Å². The Balaban J connectivity index is 1.74. The molecule has 5 nitrogen and oxygen atoms in total. The Morgan fingerprint density at radius 1 is 1.37 bits per heavy atom. The van der Waals surface area contributed by atoms with E-state index >= 15 is 0 Å². The summed E-state index contributed by atoms with van der Waals surface area (Å²) in [5.74, 6) is 3.22. The zero-order valence-electron chi connectivity index (χ0n) is 10.8. The van der Waals surface area contributed by atoms with Crippen LogP contribution in [0.4, 0.5) is 5.82 Å². The van der Waals surface area contributed by atoms with Crippen LogP contribution in [0.5, 0.6) is 0 Å². The number of aromatic nitrogens is 4. The molecule has 19 heavy (non-hydrogen) atoms. The Morgan fingerprint density at radius 3 is 3.00 bits per heavy atom. The third-order valence-electron chi connectivity index (χ3n) is 4.66. The predicted octanol–water partition coefficient (Wildman–Crippen LogP) is 2.69. The molecule has 2 aromatic heterocycles. The second-order valence-electron chi connectivity index (χ2n) is 5.77. The molecule has 2 aromatic rings. The Hall–Kier alpha value is -1.36. The number of fused-ring (bicyclic) bond motifs is 3. The molecule has 2 aliphatic rings.